The third-order valence-electron chi connectivity index (χ3n) is 6.53. The molecule has 170 valence electrons. The van der Waals surface area contributed by atoms with E-state index in [9.17, 15) is 8.42 Å². The van der Waals surface area contributed by atoms with Gasteiger partial charge in [0.05, 0.1) is 30.6 Å². The molecule has 0 bridgehead atoms. The third kappa shape index (κ3) is 5.66. The van der Waals surface area contributed by atoms with Crippen molar-refractivity contribution in [1.29, 1.82) is 5.26 Å². The van der Waals surface area contributed by atoms with Crippen molar-refractivity contribution in [2.75, 3.05) is 24.3 Å². The predicted molar refractivity (Wildman–Crippen MR) is 124 cm³/mol. The fraction of sp³-hybridized carbons (Fsp3) is 0.500. The Morgan fingerprint density at radius 1 is 1.12 bits per heavy atom. The molecule has 2 aromatic rings. The van der Waals surface area contributed by atoms with Gasteiger partial charge in [-0.2, -0.15) is 5.26 Å². The van der Waals surface area contributed by atoms with Crippen LogP contribution in [0.4, 0.5) is 5.82 Å². The highest BCUT2D eigenvalue weighted by molar-refractivity contribution is 7.88. The molecule has 8 heteroatoms. The maximum Gasteiger partial charge on any atom is 0.209 e. The number of hydrogen-bond acceptors (Lipinski definition) is 6. The Hall–Kier alpha value is -2.47. The minimum absolute atomic E-state index is 0.142. The van der Waals surface area contributed by atoms with Crippen LogP contribution >= 0.6 is 0 Å². The summed E-state index contributed by atoms with van der Waals surface area (Å²) in [4.78, 5) is 6.52. The summed E-state index contributed by atoms with van der Waals surface area (Å²) in [7, 11) is -3.33. The largest absolute Gasteiger partial charge is 0.376 e. The van der Waals surface area contributed by atoms with Gasteiger partial charge < -0.3 is 9.64 Å². The zero-order chi connectivity index (χ0) is 22.6. The van der Waals surface area contributed by atoms with Crippen molar-refractivity contribution in [1.82, 2.24) is 9.71 Å². The molecule has 4 rings (SSSR count). The average Bonchev–Trinajstić information content (AvgIpc) is 3.19. The molecule has 0 amide bonds. The van der Waals surface area contributed by atoms with Gasteiger partial charge in [-0.25, -0.2) is 18.1 Å². The quantitative estimate of drug-likeness (QED) is 0.690. The lowest BCUT2D eigenvalue weighted by atomic mass is 9.83. The van der Waals surface area contributed by atoms with Crippen molar-refractivity contribution in [3.05, 3.63) is 59.8 Å². The number of nitrogens with one attached hydrogen (secondary N) is 1. The predicted octanol–water partition coefficient (Wildman–Crippen LogP) is 3.19. The number of nitriles is 1. The maximum absolute atomic E-state index is 11.9. The zero-order valence-electron chi connectivity index (χ0n) is 18.4. The fourth-order valence-electron chi connectivity index (χ4n) is 4.90. The number of ether oxygens (including phenoxy) is 1. The Balaban J connectivity index is 1.40. The number of sulfonamides is 1. The van der Waals surface area contributed by atoms with E-state index in [1.54, 1.807) is 12.3 Å². The van der Waals surface area contributed by atoms with Gasteiger partial charge in [0.25, 0.3) is 0 Å². The number of aromatic nitrogens is 1. The van der Waals surface area contributed by atoms with Crippen molar-refractivity contribution in [3.8, 4) is 6.07 Å². The van der Waals surface area contributed by atoms with Gasteiger partial charge in [0, 0.05) is 18.8 Å². The summed E-state index contributed by atoms with van der Waals surface area (Å²) in [6.07, 6.45) is 7.83. The lowest BCUT2D eigenvalue weighted by Gasteiger charge is -2.33. The summed E-state index contributed by atoms with van der Waals surface area (Å²) in [5.41, 5.74) is 1.90. The fourth-order valence-corrected chi connectivity index (χ4v) is 5.73. The zero-order valence-corrected chi connectivity index (χ0v) is 19.2. The second-order valence-corrected chi connectivity index (χ2v) is 10.6. The molecule has 32 heavy (non-hydrogen) atoms. The van der Waals surface area contributed by atoms with Gasteiger partial charge >= 0.3 is 0 Å². The van der Waals surface area contributed by atoms with Gasteiger partial charge in [-0.1, -0.05) is 30.3 Å². The van der Waals surface area contributed by atoms with E-state index in [0.29, 0.717) is 31.1 Å². The maximum atomic E-state index is 11.9. The number of benzene rings is 1. The van der Waals surface area contributed by atoms with Gasteiger partial charge in [-0.05, 0) is 55.7 Å². The minimum Gasteiger partial charge on any atom is -0.376 e. The van der Waals surface area contributed by atoms with Gasteiger partial charge in [0.2, 0.25) is 10.0 Å². The van der Waals surface area contributed by atoms with Crippen LogP contribution in [0.2, 0.25) is 0 Å². The molecule has 7 nitrogen and oxygen atoms in total. The number of pyridine rings is 1. The molecule has 2 atom stereocenters. The van der Waals surface area contributed by atoms with Crippen LogP contribution in [-0.4, -0.2) is 51.0 Å². The van der Waals surface area contributed by atoms with Crippen molar-refractivity contribution < 1.29 is 13.2 Å². The standard InChI is InChI=1S/C24H30N4O3S/c1-32(29,30)27-22-13-14-28(24-12-7-18(15-25)16-26-24)23(22)17-31-21-10-8-20(9-11-21)19-5-3-2-4-6-19/h2-7,12,16,20-23,27H,8-11,13-14,17H2,1H3/t20-,21+,22-,23-/m0/s1. The van der Waals surface area contributed by atoms with Crippen LogP contribution in [0, 0.1) is 11.3 Å². The van der Waals surface area contributed by atoms with Gasteiger partial charge in [-0.3, -0.25) is 0 Å². The monoisotopic (exact) mass is 454 g/mol. The van der Waals surface area contributed by atoms with E-state index in [1.807, 2.05) is 6.07 Å². The molecule has 0 unspecified atom stereocenters. The normalized spacial score (nSPS) is 26.1. The van der Waals surface area contributed by atoms with E-state index in [0.717, 1.165) is 31.5 Å². The van der Waals surface area contributed by atoms with Crippen LogP contribution in [0.1, 0.15) is 49.1 Å². The number of hydrogen-bond donors (Lipinski definition) is 1. The molecule has 1 aromatic heterocycles. The molecule has 2 aliphatic rings. The van der Waals surface area contributed by atoms with E-state index in [4.69, 9.17) is 10.00 Å². The highest BCUT2D eigenvalue weighted by atomic mass is 32.2. The van der Waals surface area contributed by atoms with E-state index < -0.39 is 10.0 Å². The highest BCUT2D eigenvalue weighted by Crippen LogP contribution is 2.34. The molecule has 1 saturated heterocycles. The first-order valence-corrected chi connectivity index (χ1v) is 13.1. The summed E-state index contributed by atoms with van der Waals surface area (Å²) >= 11 is 0. The molecule has 0 radical (unpaired) electrons. The van der Waals surface area contributed by atoms with Crippen LogP contribution in [0.15, 0.2) is 48.7 Å². The van der Waals surface area contributed by atoms with Gasteiger partial charge in [0.1, 0.15) is 11.9 Å². The van der Waals surface area contributed by atoms with Crippen LogP contribution in [0.3, 0.4) is 0 Å². The van der Waals surface area contributed by atoms with Crippen molar-refractivity contribution in [3.63, 3.8) is 0 Å². The van der Waals surface area contributed by atoms with E-state index >= 15 is 0 Å². The van der Waals surface area contributed by atoms with Gasteiger partial charge in [0.15, 0.2) is 0 Å². The molecule has 1 aliphatic heterocycles. The second-order valence-electron chi connectivity index (χ2n) is 8.78. The van der Waals surface area contributed by atoms with E-state index in [2.05, 4.69) is 51.0 Å². The molecular weight excluding hydrogens is 424 g/mol. The smallest absolute Gasteiger partial charge is 0.209 e. The summed E-state index contributed by atoms with van der Waals surface area (Å²) in [6.45, 7) is 1.12. The molecule has 2 fully saturated rings. The minimum atomic E-state index is -3.33. The average molecular weight is 455 g/mol. The van der Waals surface area contributed by atoms with Crippen molar-refractivity contribution >= 4 is 15.8 Å². The number of nitrogens with zero attached hydrogens (tertiary/aromatic N) is 3. The Morgan fingerprint density at radius 3 is 2.50 bits per heavy atom. The summed E-state index contributed by atoms with van der Waals surface area (Å²) in [5.74, 6) is 1.32. The van der Waals surface area contributed by atoms with Crippen molar-refractivity contribution in [2.24, 2.45) is 0 Å². The lowest BCUT2D eigenvalue weighted by Crippen LogP contribution is -2.48. The summed E-state index contributed by atoms with van der Waals surface area (Å²) < 4.78 is 32.9. The van der Waals surface area contributed by atoms with Crippen LogP contribution < -0.4 is 9.62 Å². The Bertz CT molecular complexity index is 1030. The molecule has 1 saturated carbocycles. The Labute approximate surface area is 190 Å². The molecule has 2 heterocycles. The van der Waals surface area contributed by atoms with Crippen molar-refractivity contribution in [2.45, 2.75) is 56.2 Å². The Kier molecular flexibility index (Phi) is 7.09. The second kappa shape index (κ2) is 9.99. The molecule has 1 N–H and O–H groups in total. The molecule has 1 aliphatic carbocycles. The lowest BCUT2D eigenvalue weighted by molar-refractivity contribution is 0.0156. The third-order valence-corrected chi connectivity index (χ3v) is 7.26. The number of rotatable bonds is 7. The van der Waals surface area contributed by atoms with Gasteiger partial charge in [-0.15, -0.1) is 0 Å². The molecular formula is C24H30N4O3S. The SMILES string of the molecule is CS(=O)(=O)N[C@H]1CCN(c2ccc(C#N)cn2)[C@H]1CO[C@H]1CC[C@@H](c2ccccc2)CC1. The Morgan fingerprint density at radius 2 is 1.88 bits per heavy atom. The highest BCUT2D eigenvalue weighted by Gasteiger charge is 2.37. The topological polar surface area (TPSA) is 95.3 Å². The van der Waals surface area contributed by atoms with Crippen LogP contribution in [-0.2, 0) is 14.8 Å². The van der Waals surface area contributed by atoms with Crippen LogP contribution in [0.5, 0.6) is 0 Å². The first-order valence-electron chi connectivity index (χ1n) is 11.2. The molecule has 1 aromatic carbocycles. The molecule has 0 spiro atoms. The first kappa shape index (κ1) is 22.7. The van der Waals surface area contributed by atoms with E-state index in [-0.39, 0.29) is 18.2 Å². The summed E-state index contributed by atoms with van der Waals surface area (Å²) in [5, 5.41) is 9.04. The number of anilines is 1. The van der Waals surface area contributed by atoms with Crippen LogP contribution in [0.25, 0.3) is 0 Å². The summed E-state index contributed by atoms with van der Waals surface area (Å²) in [6, 6.07) is 15.9. The van der Waals surface area contributed by atoms with E-state index in [1.165, 1.54) is 11.8 Å². The first-order chi connectivity index (χ1) is 15.4.